The third kappa shape index (κ3) is 5.02. The van der Waals surface area contributed by atoms with Gasteiger partial charge >= 0.3 is 5.97 Å². The lowest BCUT2D eigenvalue weighted by atomic mass is 10.2. The van der Waals surface area contributed by atoms with E-state index in [9.17, 15) is 13.2 Å². The molecule has 6 nitrogen and oxygen atoms in total. The third-order valence-electron chi connectivity index (χ3n) is 3.30. The normalized spacial score (nSPS) is 20.1. The SMILES string of the molecule is COc1cccc(COC(=O)CNC2CCS(=O)(=O)C2)c1. The average Bonchev–Trinajstić information content (AvgIpc) is 2.82. The maximum atomic E-state index is 11.6. The highest BCUT2D eigenvalue weighted by Gasteiger charge is 2.27. The standard InChI is InChI=1S/C14H19NO5S/c1-19-13-4-2-3-11(7-13)9-20-14(16)8-15-12-5-6-21(17,18)10-12/h2-4,7,12,15H,5-6,8-10H2,1H3. The quantitative estimate of drug-likeness (QED) is 0.771. The van der Waals surface area contributed by atoms with Gasteiger partial charge in [0.25, 0.3) is 0 Å². The van der Waals surface area contributed by atoms with Crippen molar-refractivity contribution in [3.05, 3.63) is 29.8 Å². The van der Waals surface area contributed by atoms with Gasteiger partial charge in [0.15, 0.2) is 9.84 Å². The third-order valence-corrected chi connectivity index (χ3v) is 5.07. The number of ether oxygens (including phenoxy) is 2. The van der Waals surface area contributed by atoms with Gasteiger partial charge in [-0.1, -0.05) is 12.1 Å². The lowest BCUT2D eigenvalue weighted by molar-refractivity contribution is -0.143. The molecule has 0 aliphatic carbocycles. The van der Waals surface area contributed by atoms with Crippen LogP contribution in [0.2, 0.25) is 0 Å². The number of hydrogen-bond donors (Lipinski definition) is 1. The number of methoxy groups -OCH3 is 1. The summed E-state index contributed by atoms with van der Waals surface area (Å²) in [4.78, 5) is 11.6. The van der Waals surface area contributed by atoms with Crippen LogP contribution in [0.5, 0.6) is 5.75 Å². The smallest absolute Gasteiger partial charge is 0.320 e. The Morgan fingerprint density at radius 2 is 2.24 bits per heavy atom. The molecule has 21 heavy (non-hydrogen) atoms. The first-order chi connectivity index (χ1) is 9.98. The maximum Gasteiger partial charge on any atom is 0.320 e. The zero-order valence-corrected chi connectivity index (χ0v) is 12.7. The fourth-order valence-electron chi connectivity index (χ4n) is 2.16. The maximum absolute atomic E-state index is 11.6. The van der Waals surface area contributed by atoms with Gasteiger partial charge in [-0.05, 0) is 24.1 Å². The van der Waals surface area contributed by atoms with Gasteiger partial charge in [0.1, 0.15) is 12.4 Å². The molecule has 0 spiro atoms. The van der Waals surface area contributed by atoms with Gasteiger partial charge in [-0.15, -0.1) is 0 Å². The van der Waals surface area contributed by atoms with E-state index in [1.165, 1.54) is 0 Å². The topological polar surface area (TPSA) is 81.7 Å². The van der Waals surface area contributed by atoms with Crippen LogP contribution in [0, 0.1) is 0 Å². The van der Waals surface area contributed by atoms with Gasteiger partial charge in [-0.25, -0.2) is 8.42 Å². The molecule has 1 N–H and O–H groups in total. The van der Waals surface area contributed by atoms with Crippen molar-refractivity contribution >= 4 is 15.8 Å². The van der Waals surface area contributed by atoms with Gasteiger partial charge in [-0.3, -0.25) is 4.79 Å². The molecule has 0 radical (unpaired) electrons. The van der Waals surface area contributed by atoms with Gasteiger partial charge in [0.2, 0.25) is 0 Å². The van der Waals surface area contributed by atoms with Crippen LogP contribution in [0.4, 0.5) is 0 Å². The zero-order valence-electron chi connectivity index (χ0n) is 11.9. The Morgan fingerprint density at radius 1 is 1.43 bits per heavy atom. The second-order valence-electron chi connectivity index (χ2n) is 4.99. The van der Waals surface area contributed by atoms with E-state index in [0.29, 0.717) is 12.2 Å². The van der Waals surface area contributed by atoms with Crippen LogP contribution >= 0.6 is 0 Å². The first kappa shape index (κ1) is 15.8. The van der Waals surface area contributed by atoms with Gasteiger partial charge in [0.05, 0.1) is 25.2 Å². The molecule has 0 bridgehead atoms. The molecule has 0 amide bonds. The summed E-state index contributed by atoms with van der Waals surface area (Å²) in [6.45, 7) is 0.185. The summed E-state index contributed by atoms with van der Waals surface area (Å²) in [5.41, 5.74) is 0.839. The highest BCUT2D eigenvalue weighted by molar-refractivity contribution is 7.91. The Labute approximate surface area is 124 Å². The Kier molecular flexibility index (Phi) is 5.19. The summed E-state index contributed by atoms with van der Waals surface area (Å²) in [7, 11) is -1.36. The van der Waals surface area contributed by atoms with E-state index in [1.807, 2.05) is 18.2 Å². The highest BCUT2D eigenvalue weighted by Crippen LogP contribution is 2.13. The second kappa shape index (κ2) is 6.91. The van der Waals surface area contributed by atoms with Crippen LogP contribution in [0.1, 0.15) is 12.0 Å². The molecular weight excluding hydrogens is 294 g/mol. The molecule has 0 saturated carbocycles. The summed E-state index contributed by atoms with van der Waals surface area (Å²) in [5.74, 6) is 0.583. The monoisotopic (exact) mass is 313 g/mol. The van der Waals surface area contributed by atoms with Crippen molar-refractivity contribution in [3.8, 4) is 5.75 Å². The zero-order chi connectivity index (χ0) is 15.3. The number of sulfone groups is 1. The Morgan fingerprint density at radius 3 is 2.90 bits per heavy atom. The summed E-state index contributed by atoms with van der Waals surface area (Å²) in [6, 6.07) is 7.12. The van der Waals surface area contributed by atoms with Crippen molar-refractivity contribution in [2.45, 2.75) is 19.1 Å². The summed E-state index contributed by atoms with van der Waals surface area (Å²) in [5, 5.41) is 2.92. The molecule has 1 saturated heterocycles. The molecule has 7 heteroatoms. The lowest BCUT2D eigenvalue weighted by Crippen LogP contribution is -2.35. The average molecular weight is 313 g/mol. The van der Waals surface area contributed by atoms with E-state index >= 15 is 0 Å². The number of carbonyl (C=O) groups is 1. The molecule has 1 fully saturated rings. The lowest BCUT2D eigenvalue weighted by Gasteiger charge is -2.10. The summed E-state index contributed by atoms with van der Waals surface area (Å²) < 4.78 is 32.8. The number of benzene rings is 1. The molecule has 0 aromatic heterocycles. The highest BCUT2D eigenvalue weighted by atomic mass is 32.2. The minimum Gasteiger partial charge on any atom is -0.497 e. The molecule has 1 heterocycles. The molecular formula is C14H19NO5S. The van der Waals surface area contributed by atoms with Gasteiger partial charge in [-0.2, -0.15) is 0 Å². The van der Waals surface area contributed by atoms with E-state index in [1.54, 1.807) is 13.2 Å². The van der Waals surface area contributed by atoms with Gasteiger partial charge < -0.3 is 14.8 Å². The minimum atomic E-state index is -2.93. The molecule has 1 unspecified atom stereocenters. The summed E-state index contributed by atoms with van der Waals surface area (Å²) >= 11 is 0. The van der Waals surface area contributed by atoms with E-state index in [4.69, 9.17) is 9.47 Å². The van der Waals surface area contributed by atoms with Crippen LogP contribution in [-0.2, 0) is 26.0 Å². The predicted octanol–water partition coefficient (Wildman–Crippen LogP) is 0.515. The van der Waals surface area contributed by atoms with E-state index in [2.05, 4.69) is 5.32 Å². The van der Waals surface area contributed by atoms with Crippen LogP contribution in [0.15, 0.2) is 24.3 Å². The molecule has 1 aromatic carbocycles. The Balaban J connectivity index is 1.72. The van der Waals surface area contributed by atoms with Crippen molar-refractivity contribution in [2.24, 2.45) is 0 Å². The molecule has 2 rings (SSSR count). The number of esters is 1. The predicted molar refractivity (Wildman–Crippen MR) is 77.9 cm³/mol. The van der Waals surface area contributed by atoms with E-state index in [0.717, 1.165) is 5.56 Å². The number of hydrogen-bond acceptors (Lipinski definition) is 6. The Bertz CT molecular complexity index is 599. The van der Waals surface area contributed by atoms with Crippen LogP contribution < -0.4 is 10.1 Å². The van der Waals surface area contributed by atoms with Crippen LogP contribution in [0.3, 0.4) is 0 Å². The first-order valence-corrected chi connectivity index (χ1v) is 8.53. The van der Waals surface area contributed by atoms with Crippen molar-refractivity contribution < 1.29 is 22.7 Å². The first-order valence-electron chi connectivity index (χ1n) is 6.71. The van der Waals surface area contributed by atoms with Crippen molar-refractivity contribution in [1.82, 2.24) is 5.32 Å². The fourth-order valence-corrected chi connectivity index (χ4v) is 3.87. The number of carbonyl (C=O) groups excluding carboxylic acids is 1. The van der Waals surface area contributed by atoms with Crippen molar-refractivity contribution in [3.63, 3.8) is 0 Å². The van der Waals surface area contributed by atoms with Gasteiger partial charge in [0, 0.05) is 6.04 Å². The van der Waals surface area contributed by atoms with Crippen molar-refractivity contribution in [2.75, 3.05) is 25.2 Å². The molecule has 1 aliphatic heterocycles. The fraction of sp³-hybridized carbons (Fsp3) is 0.500. The Hall–Kier alpha value is -1.60. The second-order valence-corrected chi connectivity index (χ2v) is 7.22. The largest absolute Gasteiger partial charge is 0.497 e. The molecule has 1 aromatic rings. The molecule has 1 aliphatic rings. The van der Waals surface area contributed by atoms with E-state index in [-0.39, 0.29) is 30.7 Å². The molecule has 1 atom stereocenters. The minimum absolute atomic E-state index is 0.0180. The van der Waals surface area contributed by atoms with Crippen LogP contribution in [0.25, 0.3) is 0 Å². The summed E-state index contributed by atoms with van der Waals surface area (Å²) in [6.07, 6.45) is 0.547. The number of nitrogens with one attached hydrogen (secondary N) is 1. The van der Waals surface area contributed by atoms with Crippen molar-refractivity contribution in [1.29, 1.82) is 0 Å². The van der Waals surface area contributed by atoms with E-state index < -0.39 is 15.8 Å². The number of rotatable bonds is 6. The van der Waals surface area contributed by atoms with Crippen LogP contribution in [-0.4, -0.2) is 45.6 Å². The molecule has 116 valence electrons.